The first kappa shape index (κ1) is 18.6. The fourth-order valence-electron chi connectivity index (χ4n) is 2.08. The van der Waals surface area contributed by atoms with Gasteiger partial charge in [-0.25, -0.2) is 8.42 Å². The largest absolute Gasteiger partial charge is 0.494 e. The maximum absolute atomic E-state index is 12.3. The Labute approximate surface area is 147 Å². The topological polar surface area (TPSA) is 120 Å². The molecule has 0 spiro atoms. The Morgan fingerprint density at radius 1 is 1.04 bits per heavy atom. The molecule has 7 nitrogen and oxygen atoms in total. The van der Waals surface area contributed by atoms with Crippen molar-refractivity contribution in [3.63, 3.8) is 0 Å². The molecule has 8 heteroatoms. The quantitative estimate of drug-likeness (QED) is 0.358. The summed E-state index contributed by atoms with van der Waals surface area (Å²) in [6.45, 7) is 1.05. The van der Waals surface area contributed by atoms with Gasteiger partial charge in [0.25, 0.3) is 10.0 Å². The van der Waals surface area contributed by atoms with Crippen molar-refractivity contribution in [2.24, 2.45) is 16.5 Å². The van der Waals surface area contributed by atoms with Gasteiger partial charge in [0.1, 0.15) is 5.75 Å². The van der Waals surface area contributed by atoms with Crippen molar-refractivity contribution in [2.45, 2.75) is 17.7 Å². The van der Waals surface area contributed by atoms with E-state index < -0.39 is 10.0 Å². The van der Waals surface area contributed by atoms with Crippen LogP contribution in [0.1, 0.15) is 12.8 Å². The molecule has 134 valence electrons. The molecule has 0 aliphatic carbocycles. The van der Waals surface area contributed by atoms with Crippen molar-refractivity contribution in [3.8, 4) is 5.75 Å². The van der Waals surface area contributed by atoms with Gasteiger partial charge in [-0.15, -0.1) is 0 Å². The van der Waals surface area contributed by atoms with Gasteiger partial charge in [0.15, 0.2) is 5.96 Å². The highest BCUT2D eigenvalue weighted by Crippen LogP contribution is 2.21. The molecule has 0 amide bonds. The molecule has 0 aliphatic heterocycles. The number of anilines is 1. The van der Waals surface area contributed by atoms with Crippen LogP contribution in [0.4, 0.5) is 5.69 Å². The zero-order valence-electron chi connectivity index (χ0n) is 13.8. The summed E-state index contributed by atoms with van der Waals surface area (Å²) >= 11 is 0. The van der Waals surface area contributed by atoms with Crippen LogP contribution >= 0.6 is 0 Å². The molecule has 0 unspecified atom stereocenters. The molecule has 0 saturated carbocycles. The van der Waals surface area contributed by atoms with Gasteiger partial charge in [-0.2, -0.15) is 0 Å². The van der Waals surface area contributed by atoms with Crippen molar-refractivity contribution in [1.29, 1.82) is 0 Å². The minimum atomic E-state index is -3.61. The van der Waals surface area contributed by atoms with Crippen LogP contribution in [0.3, 0.4) is 0 Å². The van der Waals surface area contributed by atoms with Crippen molar-refractivity contribution in [3.05, 3.63) is 54.6 Å². The van der Waals surface area contributed by atoms with Gasteiger partial charge in [-0.1, -0.05) is 24.3 Å². The van der Waals surface area contributed by atoms with E-state index in [1.807, 2.05) is 0 Å². The van der Waals surface area contributed by atoms with Gasteiger partial charge >= 0.3 is 0 Å². The third-order valence-corrected chi connectivity index (χ3v) is 4.65. The second kappa shape index (κ2) is 8.93. The summed E-state index contributed by atoms with van der Waals surface area (Å²) in [7, 11) is -3.61. The molecule has 0 aromatic heterocycles. The third kappa shape index (κ3) is 6.34. The minimum Gasteiger partial charge on any atom is -0.494 e. The van der Waals surface area contributed by atoms with Crippen LogP contribution in [0.2, 0.25) is 0 Å². The second-order valence-corrected chi connectivity index (χ2v) is 6.99. The Kier molecular flexibility index (Phi) is 6.64. The Balaban J connectivity index is 1.90. The molecule has 0 radical (unpaired) electrons. The lowest BCUT2D eigenvalue weighted by Crippen LogP contribution is -2.23. The normalized spacial score (nSPS) is 10.9. The van der Waals surface area contributed by atoms with Crippen molar-refractivity contribution < 1.29 is 13.2 Å². The lowest BCUT2D eigenvalue weighted by atomic mass is 10.3. The summed E-state index contributed by atoms with van der Waals surface area (Å²) in [6.07, 6.45) is 1.59. The number of nitrogens with two attached hydrogens (primary N) is 2. The zero-order valence-corrected chi connectivity index (χ0v) is 14.6. The maximum atomic E-state index is 12.3. The molecule has 25 heavy (non-hydrogen) atoms. The average molecular weight is 362 g/mol. The van der Waals surface area contributed by atoms with Gasteiger partial charge in [-0.3, -0.25) is 9.71 Å². The molecule has 0 heterocycles. The number of nitrogens with one attached hydrogen (secondary N) is 1. The molecule has 2 rings (SSSR count). The van der Waals surface area contributed by atoms with Gasteiger partial charge in [0.05, 0.1) is 17.2 Å². The highest BCUT2D eigenvalue weighted by Gasteiger charge is 2.13. The van der Waals surface area contributed by atoms with E-state index in [0.717, 1.165) is 12.8 Å². The first-order valence-corrected chi connectivity index (χ1v) is 9.32. The number of aliphatic imine (C=N–C) groups is 1. The van der Waals surface area contributed by atoms with Crippen LogP contribution in [0.25, 0.3) is 0 Å². The average Bonchev–Trinajstić information content (AvgIpc) is 2.58. The predicted octanol–water partition coefficient (Wildman–Crippen LogP) is 1.92. The number of hydrogen-bond donors (Lipinski definition) is 3. The van der Waals surface area contributed by atoms with E-state index in [2.05, 4.69) is 9.71 Å². The summed E-state index contributed by atoms with van der Waals surface area (Å²) in [4.78, 5) is 4.10. The maximum Gasteiger partial charge on any atom is 0.261 e. The van der Waals surface area contributed by atoms with Crippen LogP contribution in [0.5, 0.6) is 5.75 Å². The number of benzene rings is 2. The molecular weight excluding hydrogens is 340 g/mol. The van der Waals surface area contributed by atoms with E-state index in [9.17, 15) is 8.42 Å². The number of ether oxygens (including phenoxy) is 1. The van der Waals surface area contributed by atoms with Crippen LogP contribution in [-0.2, 0) is 10.0 Å². The minimum absolute atomic E-state index is 0.0827. The molecular formula is C17H22N4O3S. The molecule has 2 aromatic rings. The summed E-state index contributed by atoms with van der Waals surface area (Å²) in [6, 6.07) is 15.0. The lowest BCUT2D eigenvalue weighted by Gasteiger charge is -2.10. The Bertz CT molecular complexity index is 804. The van der Waals surface area contributed by atoms with E-state index in [1.165, 1.54) is 0 Å². The standard InChI is InChI=1S/C17H22N4O3S/c18-17(19)20-11-4-5-12-24-15-8-6-7-14(13-15)21-25(22,23)16-9-2-1-3-10-16/h1-3,6-10,13,21H,4-5,11-12H2,(H4,18,19,20). The van der Waals surface area contributed by atoms with E-state index in [4.69, 9.17) is 16.2 Å². The molecule has 2 aromatic carbocycles. The predicted molar refractivity (Wildman–Crippen MR) is 99.1 cm³/mol. The number of guanidine groups is 1. The fourth-order valence-corrected chi connectivity index (χ4v) is 3.15. The van der Waals surface area contributed by atoms with Gasteiger partial charge in [0, 0.05) is 12.6 Å². The van der Waals surface area contributed by atoms with Gasteiger partial charge in [-0.05, 0) is 37.1 Å². The molecule has 0 fully saturated rings. The molecule has 0 bridgehead atoms. The number of nitrogens with zero attached hydrogens (tertiary/aromatic N) is 1. The highest BCUT2D eigenvalue weighted by molar-refractivity contribution is 7.92. The monoisotopic (exact) mass is 362 g/mol. The Morgan fingerprint density at radius 3 is 2.52 bits per heavy atom. The van der Waals surface area contributed by atoms with Crippen molar-refractivity contribution in [2.75, 3.05) is 17.9 Å². The summed E-state index contributed by atoms with van der Waals surface area (Å²) < 4.78 is 32.8. The van der Waals surface area contributed by atoms with E-state index in [0.29, 0.717) is 24.6 Å². The molecule has 0 aliphatic rings. The number of hydrogen-bond acceptors (Lipinski definition) is 4. The lowest BCUT2D eigenvalue weighted by molar-refractivity contribution is 0.308. The summed E-state index contributed by atoms with van der Waals surface area (Å²) in [5.74, 6) is 0.675. The third-order valence-electron chi connectivity index (χ3n) is 3.26. The molecule has 0 atom stereocenters. The van der Waals surface area contributed by atoms with E-state index in [-0.39, 0.29) is 10.9 Å². The van der Waals surface area contributed by atoms with Crippen LogP contribution < -0.4 is 20.9 Å². The van der Waals surface area contributed by atoms with Gasteiger partial charge < -0.3 is 16.2 Å². The van der Waals surface area contributed by atoms with Crippen LogP contribution in [0.15, 0.2) is 64.5 Å². The van der Waals surface area contributed by atoms with Crippen LogP contribution in [-0.4, -0.2) is 27.5 Å². The molecule has 5 N–H and O–H groups in total. The van der Waals surface area contributed by atoms with E-state index >= 15 is 0 Å². The highest BCUT2D eigenvalue weighted by atomic mass is 32.2. The van der Waals surface area contributed by atoms with E-state index in [1.54, 1.807) is 54.6 Å². The first-order chi connectivity index (χ1) is 12.0. The first-order valence-electron chi connectivity index (χ1n) is 7.83. The SMILES string of the molecule is NC(N)=NCCCCOc1cccc(NS(=O)(=O)c2ccccc2)c1. The summed E-state index contributed by atoms with van der Waals surface area (Å²) in [5, 5.41) is 0. The number of rotatable bonds is 9. The van der Waals surface area contributed by atoms with Gasteiger partial charge in [0.2, 0.25) is 0 Å². The molecule has 0 saturated heterocycles. The van der Waals surface area contributed by atoms with Crippen molar-refractivity contribution >= 4 is 21.7 Å². The Morgan fingerprint density at radius 2 is 1.80 bits per heavy atom. The second-order valence-electron chi connectivity index (χ2n) is 5.31. The Hall–Kier alpha value is -2.74. The number of sulfonamides is 1. The van der Waals surface area contributed by atoms with Crippen molar-refractivity contribution in [1.82, 2.24) is 0 Å². The van der Waals surface area contributed by atoms with Crippen LogP contribution in [0, 0.1) is 0 Å². The summed E-state index contributed by atoms with van der Waals surface area (Å²) in [5.41, 5.74) is 10.9. The fraction of sp³-hybridized carbons (Fsp3) is 0.235. The smallest absolute Gasteiger partial charge is 0.261 e. The zero-order chi connectivity index (χ0) is 18.1. The number of unbranched alkanes of at least 4 members (excludes halogenated alkanes) is 1.